The Morgan fingerprint density at radius 2 is 2.00 bits per heavy atom. The minimum Gasteiger partial charge on any atom is -0.495 e. The highest BCUT2D eigenvalue weighted by Crippen LogP contribution is 2.26. The Bertz CT molecular complexity index is 629. The maximum Gasteiger partial charge on any atom is 0.257 e. The van der Waals surface area contributed by atoms with Crippen molar-refractivity contribution < 1.29 is 9.53 Å². The van der Waals surface area contributed by atoms with Gasteiger partial charge in [0, 0.05) is 10.6 Å². The molecule has 0 aromatic heterocycles. The molecule has 0 atom stereocenters. The Labute approximate surface area is 122 Å². The molecule has 0 saturated heterocycles. The second-order valence-corrected chi connectivity index (χ2v) is 4.99. The number of nitrogens with two attached hydrogens (primary N) is 1. The first-order valence-electron chi connectivity index (χ1n) is 6.03. The van der Waals surface area contributed by atoms with Crippen LogP contribution in [0, 0.1) is 0 Å². The van der Waals surface area contributed by atoms with Crippen LogP contribution in [0.15, 0.2) is 47.4 Å². The van der Waals surface area contributed by atoms with E-state index in [1.54, 1.807) is 30.0 Å². The highest BCUT2D eigenvalue weighted by atomic mass is 32.2. The van der Waals surface area contributed by atoms with Crippen LogP contribution in [0.3, 0.4) is 0 Å². The molecule has 2 rings (SSSR count). The van der Waals surface area contributed by atoms with E-state index in [2.05, 4.69) is 5.32 Å². The van der Waals surface area contributed by atoms with Crippen molar-refractivity contribution in [2.24, 2.45) is 0 Å². The van der Waals surface area contributed by atoms with Gasteiger partial charge in [0.1, 0.15) is 5.75 Å². The third-order valence-electron chi connectivity index (χ3n) is 2.86. The molecule has 0 aliphatic heterocycles. The molecule has 0 aliphatic carbocycles. The summed E-state index contributed by atoms with van der Waals surface area (Å²) in [5, 5.41) is 2.84. The van der Waals surface area contributed by atoms with E-state index in [0.29, 0.717) is 17.0 Å². The minimum absolute atomic E-state index is 0.250. The van der Waals surface area contributed by atoms with Crippen molar-refractivity contribution in [3.63, 3.8) is 0 Å². The van der Waals surface area contributed by atoms with E-state index in [0.717, 1.165) is 10.6 Å². The molecule has 20 heavy (non-hydrogen) atoms. The lowest BCUT2D eigenvalue weighted by molar-refractivity contribution is 0.102. The lowest BCUT2D eigenvalue weighted by atomic mass is 10.1. The zero-order valence-corrected chi connectivity index (χ0v) is 12.2. The van der Waals surface area contributed by atoms with Crippen molar-refractivity contribution in [3.8, 4) is 5.75 Å². The van der Waals surface area contributed by atoms with Crippen molar-refractivity contribution in [3.05, 3.63) is 48.0 Å². The topological polar surface area (TPSA) is 64.3 Å². The molecule has 1 amide bonds. The zero-order chi connectivity index (χ0) is 14.5. The molecule has 0 radical (unpaired) electrons. The summed E-state index contributed by atoms with van der Waals surface area (Å²) >= 11 is 1.62. The Morgan fingerprint density at radius 3 is 2.70 bits per heavy atom. The smallest absolute Gasteiger partial charge is 0.257 e. The monoisotopic (exact) mass is 288 g/mol. The number of methoxy groups -OCH3 is 1. The number of thioether (sulfide) groups is 1. The molecule has 4 nitrogen and oxygen atoms in total. The van der Waals surface area contributed by atoms with Crippen molar-refractivity contribution in [2.45, 2.75) is 4.90 Å². The molecular formula is C15H16N2O2S. The number of carbonyl (C=O) groups is 1. The molecule has 2 aromatic rings. The van der Waals surface area contributed by atoms with Crippen LogP contribution in [0.5, 0.6) is 5.75 Å². The van der Waals surface area contributed by atoms with Crippen LogP contribution in [0.1, 0.15) is 10.4 Å². The highest BCUT2D eigenvalue weighted by molar-refractivity contribution is 7.98. The number of nitrogens with one attached hydrogen (secondary N) is 1. The number of para-hydroxylation sites is 1. The van der Waals surface area contributed by atoms with Gasteiger partial charge in [-0.25, -0.2) is 0 Å². The first-order valence-corrected chi connectivity index (χ1v) is 7.26. The Morgan fingerprint density at radius 1 is 1.25 bits per heavy atom. The predicted molar refractivity (Wildman–Crippen MR) is 83.6 cm³/mol. The van der Waals surface area contributed by atoms with Gasteiger partial charge in [-0.2, -0.15) is 0 Å². The van der Waals surface area contributed by atoms with Gasteiger partial charge in [0.25, 0.3) is 5.91 Å². The molecule has 0 saturated carbocycles. The van der Waals surface area contributed by atoms with Gasteiger partial charge in [-0.05, 0) is 36.6 Å². The predicted octanol–water partition coefficient (Wildman–Crippen LogP) is 3.25. The molecule has 104 valence electrons. The minimum atomic E-state index is -0.250. The van der Waals surface area contributed by atoms with Crippen LogP contribution in [-0.2, 0) is 0 Å². The van der Waals surface area contributed by atoms with Crippen LogP contribution in [0.2, 0.25) is 0 Å². The van der Waals surface area contributed by atoms with E-state index < -0.39 is 0 Å². The van der Waals surface area contributed by atoms with Crippen molar-refractivity contribution in [2.75, 3.05) is 24.4 Å². The van der Waals surface area contributed by atoms with Gasteiger partial charge in [0.15, 0.2) is 0 Å². The summed E-state index contributed by atoms with van der Waals surface area (Å²) in [6, 6.07) is 12.8. The summed E-state index contributed by atoms with van der Waals surface area (Å²) in [6.07, 6.45) is 1.99. The second-order valence-electron chi connectivity index (χ2n) is 4.11. The Kier molecular flexibility index (Phi) is 4.53. The number of hydrogen-bond donors (Lipinski definition) is 2. The van der Waals surface area contributed by atoms with Crippen molar-refractivity contribution >= 4 is 29.0 Å². The zero-order valence-electron chi connectivity index (χ0n) is 11.3. The van der Waals surface area contributed by atoms with E-state index in [9.17, 15) is 4.79 Å². The third kappa shape index (κ3) is 3.05. The Hall–Kier alpha value is -2.14. The molecule has 2 aromatic carbocycles. The van der Waals surface area contributed by atoms with Crippen molar-refractivity contribution in [1.82, 2.24) is 0 Å². The summed E-state index contributed by atoms with van der Waals surface area (Å²) in [6.45, 7) is 0. The molecule has 5 heteroatoms. The number of anilines is 2. The summed E-state index contributed by atoms with van der Waals surface area (Å²) in [5.41, 5.74) is 7.40. The van der Waals surface area contributed by atoms with E-state index in [-0.39, 0.29) is 5.91 Å². The summed E-state index contributed by atoms with van der Waals surface area (Å²) in [4.78, 5) is 13.3. The van der Waals surface area contributed by atoms with Crippen LogP contribution < -0.4 is 15.8 Å². The number of ether oxygens (including phenoxy) is 1. The van der Waals surface area contributed by atoms with Gasteiger partial charge in [-0.15, -0.1) is 11.8 Å². The fourth-order valence-corrected chi connectivity index (χ4v) is 2.28. The largest absolute Gasteiger partial charge is 0.495 e. The molecule has 0 aliphatic rings. The standard InChI is InChI=1S/C15H16N2O2S/c1-19-13-8-4-7-12(14(13)16)15(18)17-10-5-3-6-11(9-10)20-2/h3-9H,16H2,1-2H3,(H,17,18). The van der Waals surface area contributed by atoms with Gasteiger partial charge in [0.2, 0.25) is 0 Å². The first kappa shape index (κ1) is 14.3. The lowest BCUT2D eigenvalue weighted by Crippen LogP contribution is -2.14. The molecule has 0 spiro atoms. The number of carbonyl (C=O) groups excluding carboxylic acids is 1. The maximum absolute atomic E-state index is 12.2. The van der Waals surface area contributed by atoms with E-state index in [1.807, 2.05) is 30.5 Å². The van der Waals surface area contributed by atoms with Gasteiger partial charge < -0.3 is 15.8 Å². The van der Waals surface area contributed by atoms with Crippen LogP contribution in [0.25, 0.3) is 0 Å². The van der Waals surface area contributed by atoms with Gasteiger partial charge in [-0.1, -0.05) is 12.1 Å². The van der Waals surface area contributed by atoms with Crippen LogP contribution in [0.4, 0.5) is 11.4 Å². The molecule has 3 N–H and O–H groups in total. The fraction of sp³-hybridized carbons (Fsp3) is 0.133. The SMILES string of the molecule is COc1cccc(C(=O)Nc2cccc(SC)c2)c1N. The van der Waals surface area contributed by atoms with Crippen molar-refractivity contribution in [1.29, 1.82) is 0 Å². The lowest BCUT2D eigenvalue weighted by Gasteiger charge is -2.11. The van der Waals surface area contributed by atoms with Gasteiger partial charge >= 0.3 is 0 Å². The normalized spacial score (nSPS) is 10.1. The molecule has 0 unspecified atom stereocenters. The van der Waals surface area contributed by atoms with Crippen LogP contribution >= 0.6 is 11.8 Å². The molecule has 0 fully saturated rings. The van der Waals surface area contributed by atoms with E-state index in [1.165, 1.54) is 7.11 Å². The second kappa shape index (κ2) is 6.34. The summed E-state index contributed by atoms with van der Waals surface area (Å²) in [5.74, 6) is 0.246. The van der Waals surface area contributed by atoms with Gasteiger partial charge in [-0.3, -0.25) is 4.79 Å². The average Bonchev–Trinajstić information content (AvgIpc) is 2.47. The number of benzene rings is 2. The Balaban J connectivity index is 2.24. The summed E-state index contributed by atoms with van der Waals surface area (Å²) in [7, 11) is 1.52. The number of rotatable bonds is 4. The maximum atomic E-state index is 12.2. The van der Waals surface area contributed by atoms with Crippen LogP contribution in [-0.4, -0.2) is 19.3 Å². The first-order chi connectivity index (χ1) is 9.65. The van der Waals surface area contributed by atoms with Gasteiger partial charge in [0.05, 0.1) is 18.4 Å². The molecular weight excluding hydrogens is 272 g/mol. The van der Waals surface area contributed by atoms with E-state index in [4.69, 9.17) is 10.5 Å². The molecule has 0 heterocycles. The highest BCUT2D eigenvalue weighted by Gasteiger charge is 2.13. The van der Waals surface area contributed by atoms with E-state index >= 15 is 0 Å². The third-order valence-corrected chi connectivity index (χ3v) is 3.58. The fourth-order valence-electron chi connectivity index (χ4n) is 1.82. The molecule has 0 bridgehead atoms. The quantitative estimate of drug-likeness (QED) is 0.669. The average molecular weight is 288 g/mol. The number of amides is 1. The summed E-state index contributed by atoms with van der Waals surface area (Å²) < 4.78 is 5.11. The number of nitrogen functional groups attached to an aromatic ring is 1. The number of hydrogen-bond acceptors (Lipinski definition) is 4.